The van der Waals surface area contributed by atoms with Gasteiger partial charge in [0.25, 0.3) is 5.91 Å². The van der Waals surface area contributed by atoms with Crippen molar-refractivity contribution < 1.29 is 19.1 Å². The highest BCUT2D eigenvalue weighted by atomic mass is 32.2. The van der Waals surface area contributed by atoms with E-state index in [1.54, 1.807) is 18.2 Å². The minimum atomic E-state index is -0.554. The number of carbonyl (C=O) groups is 3. The van der Waals surface area contributed by atoms with Crippen LogP contribution in [0.25, 0.3) is 0 Å². The van der Waals surface area contributed by atoms with Gasteiger partial charge >= 0.3 is 5.97 Å². The SMILES string of the molecule is CC(C)CNC(=O)COC(=O)c1ccccc1SCC(=O)N1CCCC1. The second kappa shape index (κ2) is 10.2. The van der Waals surface area contributed by atoms with Crippen molar-refractivity contribution in [2.45, 2.75) is 31.6 Å². The Bertz CT molecular complexity index is 642. The van der Waals surface area contributed by atoms with Crippen LogP contribution in [0.1, 0.15) is 37.0 Å². The van der Waals surface area contributed by atoms with E-state index in [1.807, 2.05) is 24.8 Å². The predicted molar refractivity (Wildman–Crippen MR) is 101 cm³/mol. The van der Waals surface area contributed by atoms with E-state index in [1.165, 1.54) is 11.8 Å². The topological polar surface area (TPSA) is 75.7 Å². The van der Waals surface area contributed by atoms with E-state index in [0.29, 0.717) is 28.7 Å². The molecule has 1 fully saturated rings. The Balaban J connectivity index is 1.87. The first-order chi connectivity index (χ1) is 12.5. The molecular formula is C19H26N2O4S. The Hall–Kier alpha value is -2.02. The largest absolute Gasteiger partial charge is 0.452 e. The van der Waals surface area contributed by atoms with Gasteiger partial charge in [0.1, 0.15) is 0 Å². The summed E-state index contributed by atoms with van der Waals surface area (Å²) in [5.74, 6) is -0.162. The first-order valence-electron chi connectivity index (χ1n) is 8.90. The number of likely N-dealkylation sites (tertiary alicyclic amines) is 1. The van der Waals surface area contributed by atoms with E-state index in [2.05, 4.69) is 5.32 Å². The summed E-state index contributed by atoms with van der Waals surface area (Å²) in [6.07, 6.45) is 2.11. The number of nitrogens with one attached hydrogen (secondary N) is 1. The fourth-order valence-corrected chi connectivity index (χ4v) is 3.48. The van der Waals surface area contributed by atoms with Crippen molar-refractivity contribution >= 4 is 29.5 Å². The van der Waals surface area contributed by atoms with E-state index in [-0.39, 0.29) is 18.4 Å². The lowest BCUT2D eigenvalue weighted by molar-refractivity contribution is -0.127. The quantitative estimate of drug-likeness (QED) is 0.555. The van der Waals surface area contributed by atoms with Gasteiger partial charge in [0, 0.05) is 24.5 Å². The van der Waals surface area contributed by atoms with Crippen molar-refractivity contribution in [2.75, 3.05) is 32.0 Å². The third kappa shape index (κ3) is 6.37. The summed E-state index contributed by atoms with van der Waals surface area (Å²) in [4.78, 5) is 38.7. The minimum Gasteiger partial charge on any atom is -0.452 e. The first-order valence-corrected chi connectivity index (χ1v) is 9.89. The molecule has 7 heteroatoms. The average molecular weight is 378 g/mol. The van der Waals surface area contributed by atoms with E-state index in [4.69, 9.17) is 4.74 Å². The maximum atomic E-state index is 12.3. The summed E-state index contributed by atoms with van der Waals surface area (Å²) in [5, 5.41) is 2.70. The van der Waals surface area contributed by atoms with Crippen LogP contribution in [0.5, 0.6) is 0 Å². The third-order valence-corrected chi connectivity index (χ3v) is 5.02. The average Bonchev–Trinajstić information content (AvgIpc) is 3.17. The number of hydrogen-bond donors (Lipinski definition) is 1. The monoisotopic (exact) mass is 378 g/mol. The molecule has 1 heterocycles. The van der Waals surface area contributed by atoms with Crippen LogP contribution in [0.3, 0.4) is 0 Å². The van der Waals surface area contributed by atoms with E-state index >= 15 is 0 Å². The van der Waals surface area contributed by atoms with Gasteiger partial charge in [-0.15, -0.1) is 11.8 Å². The number of hydrogen-bond acceptors (Lipinski definition) is 5. The van der Waals surface area contributed by atoms with Gasteiger partial charge in [0.05, 0.1) is 11.3 Å². The number of carbonyl (C=O) groups excluding carboxylic acids is 3. The fourth-order valence-electron chi connectivity index (χ4n) is 2.54. The standard InChI is InChI=1S/C19H26N2O4S/c1-14(2)11-20-17(22)12-25-19(24)15-7-3-4-8-16(15)26-13-18(23)21-9-5-6-10-21/h3-4,7-8,14H,5-6,9-13H2,1-2H3,(H,20,22). The predicted octanol–water partition coefficient (Wildman–Crippen LogP) is 2.33. The Morgan fingerprint density at radius 2 is 1.88 bits per heavy atom. The van der Waals surface area contributed by atoms with Gasteiger partial charge in [0.2, 0.25) is 5.91 Å². The van der Waals surface area contributed by atoms with E-state index in [9.17, 15) is 14.4 Å². The van der Waals surface area contributed by atoms with Crippen molar-refractivity contribution in [2.24, 2.45) is 5.92 Å². The van der Waals surface area contributed by atoms with Crippen LogP contribution < -0.4 is 5.32 Å². The summed E-state index contributed by atoms with van der Waals surface area (Å²) in [6.45, 7) is 5.84. The molecule has 2 rings (SSSR count). The van der Waals surface area contributed by atoms with Crippen LogP contribution in [0, 0.1) is 5.92 Å². The fraction of sp³-hybridized carbons (Fsp3) is 0.526. The van der Waals surface area contributed by atoms with Crippen molar-refractivity contribution in [3.63, 3.8) is 0 Å². The zero-order chi connectivity index (χ0) is 18.9. The molecule has 0 aliphatic carbocycles. The maximum absolute atomic E-state index is 12.3. The molecule has 1 aliphatic rings. The van der Waals surface area contributed by atoms with E-state index < -0.39 is 5.97 Å². The summed E-state index contributed by atoms with van der Waals surface area (Å²) in [5.41, 5.74) is 0.378. The number of amides is 2. The summed E-state index contributed by atoms with van der Waals surface area (Å²) < 4.78 is 5.11. The second-order valence-corrected chi connectivity index (χ2v) is 7.66. The number of nitrogens with zero attached hydrogens (tertiary/aromatic N) is 1. The van der Waals surface area contributed by atoms with Crippen LogP contribution in [0.2, 0.25) is 0 Å². The van der Waals surface area contributed by atoms with Gasteiger partial charge in [-0.25, -0.2) is 4.79 Å². The molecule has 0 radical (unpaired) electrons. The molecule has 1 aliphatic heterocycles. The first kappa shape index (κ1) is 20.3. The van der Waals surface area contributed by atoms with Crippen molar-refractivity contribution in [3.8, 4) is 0 Å². The van der Waals surface area contributed by atoms with Gasteiger partial charge in [-0.05, 0) is 30.9 Å². The van der Waals surface area contributed by atoms with Crippen LogP contribution in [0.4, 0.5) is 0 Å². The zero-order valence-corrected chi connectivity index (χ0v) is 16.1. The number of rotatable bonds is 8. The molecule has 1 aromatic carbocycles. The minimum absolute atomic E-state index is 0.0868. The highest BCUT2D eigenvalue weighted by Crippen LogP contribution is 2.24. The maximum Gasteiger partial charge on any atom is 0.339 e. The normalized spacial score (nSPS) is 13.7. The zero-order valence-electron chi connectivity index (χ0n) is 15.3. The molecule has 1 N–H and O–H groups in total. The highest BCUT2D eigenvalue weighted by Gasteiger charge is 2.20. The van der Waals surface area contributed by atoms with Gasteiger partial charge in [0.15, 0.2) is 6.61 Å². The van der Waals surface area contributed by atoms with Crippen LogP contribution in [-0.4, -0.2) is 54.7 Å². The molecule has 0 atom stereocenters. The molecule has 1 saturated heterocycles. The molecule has 1 aromatic rings. The molecule has 6 nitrogen and oxygen atoms in total. The number of thioether (sulfide) groups is 1. The van der Waals surface area contributed by atoms with E-state index in [0.717, 1.165) is 25.9 Å². The lowest BCUT2D eigenvalue weighted by Crippen LogP contribution is -2.31. The molecule has 0 unspecified atom stereocenters. The van der Waals surface area contributed by atoms with Gasteiger partial charge in [-0.3, -0.25) is 9.59 Å². The highest BCUT2D eigenvalue weighted by molar-refractivity contribution is 8.00. The molecule has 0 bridgehead atoms. The molecule has 0 spiro atoms. The Labute approximate surface area is 158 Å². The van der Waals surface area contributed by atoms with Crippen molar-refractivity contribution in [1.29, 1.82) is 0 Å². The molecule has 0 aromatic heterocycles. The van der Waals surface area contributed by atoms with Crippen molar-refractivity contribution in [3.05, 3.63) is 29.8 Å². The van der Waals surface area contributed by atoms with Gasteiger partial charge < -0.3 is 15.0 Å². The molecule has 0 saturated carbocycles. The summed E-state index contributed by atoms with van der Waals surface area (Å²) in [6, 6.07) is 6.99. The Morgan fingerprint density at radius 3 is 2.58 bits per heavy atom. The number of esters is 1. The van der Waals surface area contributed by atoms with Gasteiger partial charge in [-0.2, -0.15) is 0 Å². The Kier molecular flexibility index (Phi) is 7.97. The van der Waals surface area contributed by atoms with Gasteiger partial charge in [-0.1, -0.05) is 26.0 Å². The molecule has 26 heavy (non-hydrogen) atoms. The summed E-state index contributed by atoms with van der Waals surface area (Å²) >= 11 is 1.33. The number of ether oxygens (including phenoxy) is 1. The van der Waals surface area contributed by atoms with Crippen LogP contribution in [0.15, 0.2) is 29.2 Å². The van der Waals surface area contributed by atoms with Crippen LogP contribution >= 0.6 is 11.8 Å². The van der Waals surface area contributed by atoms with Crippen LogP contribution in [-0.2, 0) is 14.3 Å². The lowest BCUT2D eigenvalue weighted by Gasteiger charge is -2.15. The molecule has 142 valence electrons. The summed E-state index contributed by atoms with van der Waals surface area (Å²) in [7, 11) is 0. The smallest absolute Gasteiger partial charge is 0.339 e. The molecular weight excluding hydrogens is 352 g/mol. The number of benzene rings is 1. The third-order valence-electron chi connectivity index (χ3n) is 3.96. The van der Waals surface area contributed by atoms with Crippen molar-refractivity contribution in [1.82, 2.24) is 10.2 Å². The lowest BCUT2D eigenvalue weighted by atomic mass is 10.2. The Morgan fingerprint density at radius 1 is 1.19 bits per heavy atom. The molecule has 2 amide bonds. The second-order valence-electron chi connectivity index (χ2n) is 6.65.